The van der Waals surface area contributed by atoms with Gasteiger partial charge in [-0.25, -0.2) is 4.79 Å². The van der Waals surface area contributed by atoms with Crippen molar-refractivity contribution in [1.29, 1.82) is 0 Å². The third-order valence-electron chi connectivity index (χ3n) is 12.9. The fraction of sp³-hybridized carbons (Fsp3) is 0.929. The van der Waals surface area contributed by atoms with Crippen LogP contribution in [0.4, 0.5) is 4.79 Å². The van der Waals surface area contributed by atoms with Crippen LogP contribution < -0.4 is 0 Å². The molecule has 0 rings (SSSR count). The van der Waals surface area contributed by atoms with Crippen LogP contribution in [0.25, 0.3) is 0 Å². The molecular weight excluding hydrogens is 829 g/mol. The molecule has 0 aliphatic heterocycles. The van der Waals surface area contributed by atoms with E-state index in [1.807, 2.05) is 14.1 Å². The third-order valence-corrected chi connectivity index (χ3v) is 12.9. The molecule has 10 heteroatoms. The van der Waals surface area contributed by atoms with Crippen LogP contribution in [0, 0.1) is 0 Å². The van der Waals surface area contributed by atoms with Crippen LogP contribution >= 0.6 is 0 Å². The summed E-state index contributed by atoms with van der Waals surface area (Å²) in [5.74, 6) is -0.472. The second-order valence-corrected chi connectivity index (χ2v) is 19.7. The highest BCUT2D eigenvalue weighted by molar-refractivity contribution is 5.78. The van der Waals surface area contributed by atoms with Crippen molar-refractivity contribution in [2.24, 2.45) is 0 Å². The number of esters is 3. The molecule has 66 heavy (non-hydrogen) atoms. The van der Waals surface area contributed by atoms with Crippen LogP contribution in [0.15, 0.2) is 0 Å². The number of carbonyl (C=O) groups is 4. The number of ether oxygens (including phenoxy) is 4. The summed E-state index contributed by atoms with van der Waals surface area (Å²) in [4.78, 5) is 55.3. The maximum absolute atomic E-state index is 13.6. The Morgan fingerprint density at radius 3 is 1.03 bits per heavy atom. The molecule has 0 aliphatic carbocycles. The van der Waals surface area contributed by atoms with E-state index in [-0.39, 0.29) is 43.4 Å². The molecule has 0 spiro atoms. The van der Waals surface area contributed by atoms with Crippen molar-refractivity contribution in [2.45, 2.75) is 297 Å². The van der Waals surface area contributed by atoms with Gasteiger partial charge in [-0.2, -0.15) is 0 Å². The minimum atomic E-state index is -0.426. The van der Waals surface area contributed by atoms with E-state index in [0.29, 0.717) is 19.4 Å². The average molecular weight is 937 g/mol. The van der Waals surface area contributed by atoms with E-state index in [1.165, 1.54) is 81.9 Å². The highest BCUT2D eigenvalue weighted by Gasteiger charge is 2.23. The zero-order chi connectivity index (χ0) is 48.7. The number of hydrogen-bond acceptors (Lipinski definition) is 9. The molecule has 0 aromatic carbocycles. The Balaban J connectivity index is 5.02. The van der Waals surface area contributed by atoms with E-state index in [1.54, 1.807) is 6.92 Å². The van der Waals surface area contributed by atoms with Gasteiger partial charge in [-0.05, 0) is 130 Å². The summed E-state index contributed by atoms with van der Waals surface area (Å²) in [5.41, 5.74) is 0. The van der Waals surface area contributed by atoms with Gasteiger partial charge in [0, 0.05) is 19.4 Å². The fourth-order valence-corrected chi connectivity index (χ4v) is 8.71. The Kier molecular flexibility index (Phi) is 46.0. The number of nitrogens with zero attached hydrogens (tertiary/aromatic N) is 2. The number of unbranched alkanes of at least 4 members (excludes halogenated alkanes) is 23. The number of carbonyl (C=O) groups excluding carboxylic acids is 4. The van der Waals surface area contributed by atoms with Crippen LogP contribution in [-0.4, -0.2) is 92.4 Å². The first kappa shape index (κ1) is 63.6. The van der Waals surface area contributed by atoms with E-state index in [4.69, 9.17) is 18.9 Å². The summed E-state index contributed by atoms with van der Waals surface area (Å²) in [6.07, 6.45) is 39.2. The monoisotopic (exact) mass is 937 g/mol. The molecule has 0 atom stereocenters. The van der Waals surface area contributed by atoms with E-state index in [2.05, 4.69) is 32.6 Å². The molecule has 0 saturated carbocycles. The first-order valence-corrected chi connectivity index (χ1v) is 28.2. The quantitative estimate of drug-likeness (QED) is 0.0334. The maximum Gasteiger partial charge on any atom is 0.410 e. The predicted octanol–water partition coefficient (Wildman–Crippen LogP) is 15.6. The fourth-order valence-electron chi connectivity index (χ4n) is 8.71. The lowest BCUT2D eigenvalue weighted by Gasteiger charge is -2.25. The number of hydrogen-bond donors (Lipinski definition) is 0. The topological polar surface area (TPSA) is 112 Å². The van der Waals surface area contributed by atoms with E-state index >= 15 is 0 Å². The highest BCUT2D eigenvalue weighted by Crippen LogP contribution is 2.21. The van der Waals surface area contributed by atoms with Crippen LogP contribution in [0.2, 0.25) is 0 Å². The molecule has 0 saturated heterocycles. The molecule has 390 valence electrons. The van der Waals surface area contributed by atoms with Gasteiger partial charge in [0.2, 0.25) is 0 Å². The first-order valence-electron chi connectivity index (χ1n) is 28.2. The molecule has 0 bridgehead atoms. The smallest absolute Gasteiger partial charge is 0.410 e. The molecule has 10 nitrogen and oxygen atoms in total. The van der Waals surface area contributed by atoms with Gasteiger partial charge >= 0.3 is 24.0 Å². The summed E-state index contributed by atoms with van der Waals surface area (Å²) in [6.45, 7) is 12.2. The van der Waals surface area contributed by atoms with Crippen LogP contribution in [0.1, 0.15) is 279 Å². The van der Waals surface area contributed by atoms with Gasteiger partial charge in [0.25, 0.3) is 0 Å². The maximum atomic E-state index is 13.6. The van der Waals surface area contributed by atoms with Crippen molar-refractivity contribution < 1.29 is 38.1 Å². The summed E-state index contributed by atoms with van der Waals surface area (Å²) in [7, 11) is 4.07. The van der Waals surface area contributed by atoms with Crippen molar-refractivity contribution in [3.8, 4) is 0 Å². The van der Waals surface area contributed by atoms with Gasteiger partial charge < -0.3 is 23.8 Å². The Labute approximate surface area is 407 Å². The van der Waals surface area contributed by atoms with Crippen molar-refractivity contribution in [3.05, 3.63) is 0 Å². The second kappa shape index (κ2) is 47.7. The lowest BCUT2D eigenvalue weighted by Crippen LogP contribution is -2.39. The highest BCUT2D eigenvalue weighted by atomic mass is 16.6. The SMILES string of the molecule is CCCCCCC(CCCCCC)OC(=O)CCCCCCCCC(CCCCCCCCC(=O)OC(CCCCCC)CCCCCC)OC(=O)N(CCCCN(C)C)CC(=O)OCC. The molecule has 0 fully saturated rings. The van der Waals surface area contributed by atoms with E-state index in [9.17, 15) is 19.2 Å². The zero-order valence-corrected chi connectivity index (χ0v) is 44.6. The van der Waals surface area contributed by atoms with Crippen LogP contribution in [-0.2, 0) is 33.3 Å². The standard InChI is InChI=1S/C56H108N2O8/c1-8-13-17-29-39-50(40-30-18-14-9-2)64-53(59)45-35-27-23-21-25-33-43-52(66-56(62)58(49-55(61)63-12-5)48-38-37-47-57(6)7)44-34-26-22-24-28-36-46-54(60)65-51(41-31-19-15-10-3)42-32-20-16-11-4/h50-52H,8-49H2,1-7H3. The number of rotatable bonds is 49. The van der Waals surface area contributed by atoms with E-state index < -0.39 is 12.1 Å². The molecule has 1 amide bonds. The van der Waals surface area contributed by atoms with Crippen molar-refractivity contribution >= 4 is 24.0 Å². The lowest BCUT2D eigenvalue weighted by molar-refractivity contribution is -0.151. The van der Waals surface area contributed by atoms with Gasteiger partial charge in [0.05, 0.1) is 6.61 Å². The van der Waals surface area contributed by atoms with Gasteiger partial charge in [0.1, 0.15) is 24.9 Å². The Hall–Kier alpha value is -2.36. The first-order chi connectivity index (χ1) is 32.1. The Morgan fingerprint density at radius 1 is 0.364 bits per heavy atom. The van der Waals surface area contributed by atoms with Gasteiger partial charge in [0.15, 0.2) is 0 Å². The summed E-state index contributed by atoms with van der Waals surface area (Å²) >= 11 is 0. The van der Waals surface area contributed by atoms with Crippen LogP contribution in [0.5, 0.6) is 0 Å². The zero-order valence-electron chi connectivity index (χ0n) is 44.6. The molecular formula is C56H108N2O8. The van der Waals surface area contributed by atoms with Gasteiger partial charge in [-0.1, -0.05) is 156 Å². The number of amides is 1. The van der Waals surface area contributed by atoms with E-state index in [0.717, 1.165) is 161 Å². The Bertz CT molecular complexity index is 1040. The van der Waals surface area contributed by atoms with Gasteiger partial charge in [-0.3, -0.25) is 19.3 Å². The molecule has 0 unspecified atom stereocenters. The molecule has 0 aromatic rings. The molecule has 0 heterocycles. The van der Waals surface area contributed by atoms with Crippen LogP contribution in [0.3, 0.4) is 0 Å². The van der Waals surface area contributed by atoms with Crippen molar-refractivity contribution in [3.63, 3.8) is 0 Å². The average Bonchev–Trinajstić information content (AvgIpc) is 3.29. The largest absolute Gasteiger partial charge is 0.465 e. The minimum absolute atomic E-state index is 0.0321. The van der Waals surface area contributed by atoms with Crippen molar-refractivity contribution in [2.75, 3.05) is 40.3 Å². The van der Waals surface area contributed by atoms with Gasteiger partial charge in [-0.15, -0.1) is 0 Å². The molecule has 0 aromatic heterocycles. The Morgan fingerprint density at radius 2 is 0.682 bits per heavy atom. The summed E-state index contributed by atoms with van der Waals surface area (Å²) in [6, 6.07) is 0. The predicted molar refractivity (Wildman–Crippen MR) is 275 cm³/mol. The lowest BCUT2D eigenvalue weighted by atomic mass is 10.0. The minimum Gasteiger partial charge on any atom is -0.465 e. The molecule has 0 radical (unpaired) electrons. The second-order valence-electron chi connectivity index (χ2n) is 19.7. The third kappa shape index (κ3) is 41.8. The van der Waals surface area contributed by atoms with Crippen molar-refractivity contribution in [1.82, 2.24) is 9.80 Å². The molecule has 0 aliphatic rings. The summed E-state index contributed by atoms with van der Waals surface area (Å²) in [5, 5.41) is 0. The summed E-state index contributed by atoms with van der Waals surface area (Å²) < 4.78 is 23.4. The normalized spacial score (nSPS) is 11.6. The molecule has 0 N–H and O–H groups in total.